The van der Waals surface area contributed by atoms with Gasteiger partial charge in [-0.15, -0.1) is 5.10 Å². The first-order valence-corrected chi connectivity index (χ1v) is 9.64. The summed E-state index contributed by atoms with van der Waals surface area (Å²) >= 11 is 6.20. The fourth-order valence-corrected chi connectivity index (χ4v) is 3.07. The molecule has 8 heteroatoms. The zero-order valence-corrected chi connectivity index (χ0v) is 17.2. The number of nitrogens with one attached hydrogen (secondary N) is 1. The number of rotatable bonds is 7. The standard InChI is InChI=1S/C21H23ClN4O3/c1-13(2)29-16-8-6-7-15(11-16)19(27)12-23-21(28)20-14(3)26(25-24-20)18-10-5-4-9-17(18)22/h4-11,13,19,27H,12H2,1-3H3,(H,23,28). The number of aliphatic hydroxyl groups is 1. The van der Waals surface area contributed by atoms with Gasteiger partial charge in [0, 0.05) is 6.54 Å². The van der Waals surface area contributed by atoms with Gasteiger partial charge in [-0.05, 0) is 50.6 Å². The average Bonchev–Trinajstić information content (AvgIpc) is 3.07. The number of halogens is 1. The van der Waals surface area contributed by atoms with E-state index in [1.54, 1.807) is 37.3 Å². The van der Waals surface area contributed by atoms with Gasteiger partial charge < -0.3 is 15.2 Å². The Labute approximate surface area is 174 Å². The molecule has 0 aliphatic rings. The highest BCUT2D eigenvalue weighted by atomic mass is 35.5. The third-order valence-electron chi connectivity index (χ3n) is 4.26. The molecule has 3 rings (SSSR count). The van der Waals surface area contributed by atoms with Gasteiger partial charge in [-0.2, -0.15) is 0 Å². The quantitative estimate of drug-likeness (QED) is 0.617. The van der Waals surface area contributed by atoms with E-state index >= 15 is 0 Å². The molecule has 0 saturated heterocycles. The molecule has 0 bridgehead atoms. The molecule has 1 aromatic heterocycles. The van der Waals surface area contributed by atoms with Crippen LogP contribution in [-0.2, 0) is 0 Å². The van der Waals surface area contributed by atoms with Crippen molar-refractivity contribution < 1.29 is 14.6 Å². The highest BCUT2D eigenvalue weighted by molar-refractivity contribution is 6.32. The molecule has 1 atom stereocenters. The number of aliphatic hydroxyl groups excluding tert-OH is 1. The van der Waals surface area contributed by atoms with Crippen LogP contribution in [0.3, 0.4) is 0 Å². The zero-order valence-electron chi connectivity index (χ0n) is 16.5. The van der Waals surface area contributed by atoms with Gasteiger partial charge in [-0.3, -0.25) is 4.79 Å². The SMILES string of the molecule is Cc1c(C(=O)NCC(O)c2cccc(OC(C)C)c2)nnn1-c1ccccc1Cl. The van der Waals surface area contributed by atoms with Crippen molar-refractivity contribution in [1.29, 1.82) is 0 Å². The maximum absolute atomic E-state index is 12.5. The van der Waals surface area contributed by atoms with E-state index in [1.807, 2.05) is 32.0 Å². The molecule has 0 fully saturated rings. The van der Waals surface area contributed by atoms with Gasteiger partial charge in [0.05, 0.1) is 28.6 Å². The van der Waals surface area contributed by atoms with Crippen molar-refractivity contribution in [2.24, 2.45) is 0 Å². The van der Waals surface area contributed by atoms with Gasteiger partial charge in [-0.1, -0.05) is 41.1 Å². The number of para-hydroxylation sites is 1. The molecule has 0 aliphatic carbocycles. The number of hydrogen-bond acceptors (Lipinski definition) is 5. The highest BCUT2D eigenvalue weighted by Crippen LogP contribution is 2.22. The Bertz CT molecular complexity index is 1000. The topological polar surface area (TPSA) is 89.3 Å². The minimum absolute atomic E-state index is 0.0301. The number of hydrogen-bond donors (Lipinski definition) is 2. The van der Waals surface area contributed by atoms with Crippen LogP contribution in [0, 0.1) is 6.92 Å². The van der Waals surface area contributed by atoms with Gasteiger partial charge in [0.25, 0.3) is 5.91 Å². The summed E-state index contributed by atoms with van der Waals surface area (Å²) < 4.78 is 7.15. The number of carbonyl (C=O) groups is 1. The number of aromatic nitrogens is 3. The lowest BCUT2D eigenvalue weighted by Crippen LogP contribution is -2.29. The molecule has 0 radical (unpaired) electrons. The van der Waals surface area contributed by atoms with E-state index in [0.717, 1.165) is 0 Å². The smallest absolute Gasteiger partial charge is 0.273 e. The summed E-state index contributed by atoms with van der Waals surface area (Å²) in [7, 11) is 0. The molecule has 3 aromatic rings. The Morgan fingerprint density at radius 2 is 2.00 bits per heavy atom. The second-order valence-corrected chi connectivity index (χ2v) is 7.26. The van der Waals surface area contributed by atoms with E-state index in [-0.39, 0.29) is 18.3 Å². The maximum Gasteiger partial charge on any atom is 0.273 e. The first kappa shape index (κ1) is 20.8. The second-order valence-electron chi connectivity index (χ2n) is 6.85. The van der Waals surface area contributed by atoms with E-state index in [0.29, 0.717) is 27.7 Å². The van der Waals surface area contributed by atoms with Gasteiger partial charge in [0.2, 0.25) is 0 Å². The molecule has 7 nitrogen and oxygen atoms in total. The fourth-order valence-electron chi connectivity index (χ4n) is 2.85. The molecular formula is C21H23ClN4O3. The van der Waals surface area contributed by atoms with Crippen LogP contribution in [0.25, 0.3) is 5.69 Å². The van der Waals surface area contributed by atoms with Gasteiger partial charge >= 0.3 is 0 Å². The summed E-state index contributed by atoms with van der Waals surface area (Å²) in [5.74, 6) is 0.246. The Balaban J connectivity index is 1.68. The van der Waals surface area contributed by atoms with Crippen LogP contribution in [0.1, 0.15) is 41.7 Å². The molecule has 2 N–H and O–H groups in total. The molecule has 1 unspecified atom stereocenters. The van der Waals surface area contributed by atoms with Gasteiger partial charge in [0.15, 0.2) is 5.69 Å². The third kappa shape index (κ3) is 4.93. The largest absolute Gasteiger partial charge is 0.491 e. The summed E-state index contributed by atoms with van der Waals surface area (Å²) in [6.07, 6.45) is -0.848. The van der Waals surface area contributed by atoms with Crippen LogP contribution in [0.15, 0.2) is 48.5 Å². The fraction of sp³-hybridized carbons (Fsp3) is 0.286. The summed E-state index contributed by atoms with van der Waals surface area (Å²) in [6.45, 7) is 5.63. The Hall–Kier alpha value is -2.90. The Kier molecular flexibility index (Phi) is 6.51. The lowest BCUT2D eigenvalue weighted by Gasteiger charge is -2.15. The summed E-state index contributed by atoms with van der Waals surface area (Å²) in [4.78, 5) is 12.5. The van der Waals surface area contributed by atoms with Crippen molar-refractivity contribution in [3.63, 3.8) is 0 Å². The number of nitrogens with zero attached hydrogens (tertiary/aromatic N) is 3. The first-order valence-electron chi connectivity index (χ1n) is 9.27. The number of amides is 1. The van der Waals surface area contributed by atoms with Gasteiger partial charge in [0.1, 0.15) is 5.75 Å². The lowest BCUT2D eigenvalue weighted by molar-refractivity contribution is 0.0910. The van der Waals surface area contributed by atoms with Crippen LogP contribution >= 0.6 is 11.6 Å². The van der Waals surface area contributed by atoms with Crippen molar-refractivity contribution in [1.82, 2.24) is 20.3 Å². The molecule has 1 heterocycles. The molecule has 29 heavy (non-hydrogen) atoms. The number of ether oxygens (including phenoxy) is 1. The normalized spacial score (nSPS) is 12.1. The first-order chi connectivity index (χ1) is 13.9. The molecule has 2 aromatic carbocycles. The van der Waals surface area contributed by atoms with Crippen LogP contribution in [0.4, 0.5) is 0 Å². The molecule has 0 saturated carbocycles. The van der Waals surface area contributed by atoms with Crippen molar-refractivity contribution in [3.05, 3.63) is 70.5 Å². The number of carbonyl (C=O) groups excluding carboxylic acids is 1. The molecule has 0 aliphatic heterocycles. The predicted octanol–water partition coefficient (Wildman–Crippen LogP) is 3.48. The van der Waals surface area contributed by atoms with Crippen molar-refractivity contribution in [3.8, 4) is 11.4 Å². The Morgan fingerprint density at radius 3 is 2.72 bits per heavy atom. The zero-order chi connectivity index (χ0) is 21.0. The minimum Gasteiger partial charge on any atom is -0.491 e. The maximum atomic E-state index is 12.5. The summed E-state index contributed by atoms with van der Waals surface area (Å²) in [6, 6.07) is 14.3. The van der Waals surface area contributed by atoms with E-state index in [1.165, 1.54) is 4.68 Å². The van der Waals surface area contributed by atoms with Gasteiger partial charge in [-0.25, -0.2) is 4.68 Å². The van der Waals surface area contributed by atoms with Crippen LogP contribution in [0.5, 0.6) is 5.75 Å². The second kappa shape index (κ2) is 9.07. The molecule has 152 valence electrons. The monoisotopic (exact) mass is 414 g/mol. The highest BCUT2D eigenvalue weighted by Gasteiger charge is 2.19. The van der Waals surface area contributed by atoms with Crippen molar-refractivity contribution >= 4 is 17.5 Å². The molecule has 0 spiro atoms. The third-order valence-corrected chi connectivity index (χ3v) is 4.58. The predicted molar refractivity (Wildman–Crippen MR) is 111 cm³/mol. The summed E-state index contributed by atoms with van der Waals surface area (Å²) in [5, 5.41) is 21.6. The van der Waals surface area contributed by atoms with E-state index < -0.39 is 12.0 Å². The van der Waals surface area contributed by atoms with Crippen LogP contribution < -0.4 is 10.1 Å². The van der Waals surface area contributed by atoms with Crippen molar-refractivity contribution in [2.75, 3.05) is 6.54 Å². The van der Waals surface area contributed by atoms with E-state index in [4.69, 9.17) is 16.3 Å². The minimum atomic E-state index is -0.881. The Morgan fingerprint density at radius 1 is 1.24 bits per heavy atom. The summed E-state index contributed by atoms with van der Waals surface area (Å²) in [5.41, 5.74) is 2.02. The average molecular weight is 415 g/mol. The molecule has 1 amide bonds. The van der Waals surface area contributed by atoms with E-state index in [2.05, 4.69) is 15.6 Å². The molecular weight excluding hydrogens is 392 g/mol. The lowest BCUT2D eigenvalue weighted by atomic mass is 10.1. The van der Waals surface area contributed by atoms with Crippen molar-refractivity contribution in [2.45, 2.75) is 33.0 Å². The van der Waals surface area contributed by atoms with Crippen LogP contribution in [-0.4, -0.2) is 38.7 Å². The van der Waals surface area contributed by atoms with E-state index in [9.17, 15) is 9.90 Å². The number of benzene rings is 2. The van der Waals surface area contributed by atoms with Crippen LogP contribution in [0.2, 0.25) is 5.02 Å².